The highest BCUT2D eigenvalue weighted by Crippen LogP contribution is 2.11. The zero-order valence-electron chi connectivity index (χ0n) is 10.1. The lowest BCUT2D eigenvalue weighted by atomic mass is 9.98. The average molecular weight is 260 g/mol. The van der Waals surface area contributed by atoms with E-state index in [4.69, 9.17) is 5.11 Å². The first-order chi connectivity index (χ1) is 8.15. The summed E-state index contributed by atoms with van der Waals surface area (Å²) in [4.78, 5) is 22.8. The summed E-state index contributed by atoms with van der Waals surface area (Å²) in [5, 5.41) is 14.8. The van der Waals surface area contributed by atoms with Crippen molar-refractivity contribution in [3.05, 3.63) is 0 Å². The molecule has 17 heavy (non-hydrogen) atoms. The summed E-state index contributed by atoms with van der Waals surface area (Å²) in [6, 6.07) is -0.753. The molecule has 98 valence electrons. The summed E-state index contributed by atoms with van der Waals surface area (Å²) in [5.74, 6) is -0.429. The highest BCUT2D eigenvalue weighted by molar-refractivity contribution is 7.98. The number of rotatable bonds is 6. The third kappa shape index (κ3) is 4.95. The predicted molar refractivity (Wildman–Crippen MR) is 68.2 cm³/mol. The molecule has 0 aromatic heterocycles. The van der Waals surface area contributed by atoms with Crippen LogP contribution in [0.1, 0.15) is 19.3 Å². The molecule has 2 atom stereocenters. The van der Waals surface area contributed by atoms with Crippen LogP contribution in [0.5, 0.6) is 0 Å². The van der Waals surface area contributed by atoms with E-state index in [-0.39, 0.29) is 11.8 Å². The first-order valence-corrected chi connectivity index (χ1v) is 7.27. The minimum absolute atomic E-state index is 0.0834. The van der Waals surface area contributed by atoms with Crippen molar-refractivity contribution >= 4 is 23.6 Å². The van der Waals surface area contributed by atoms with Gasteiger partial charge >= 0.3 is 5.97 Å². The second kappa shape index (κ2) is 7.55. The molecule has 0 aliphatic carbocycles. The van der Waals surface area contributed by atoms with Gasteiger partial charge in [-0.1, -0.05) is 0 Å². The lowest BCUT2D eigenvalue weighted by Crippen LogP contribution is -2.47. The van der Waals surface area contributed by atoms with E-state index in [1.165, 1.54) is 0 Å². The summed E-state index contributed by atoms with van der Waals surface area (Å²) in [7, 11) is 0. The number of carbonyl (C=O) groups is 2. The van der Waals surface area contributed by atoms with Crippen LogP contribution in [0.25, 0.3) is 0 Å². The van der Waals surface area contributed by atoms with Gasteiger partial charge in [0.2, 0.25) is 5.91 Å². The maximum absolute atomic E-state index is 11.9. The lowest BCUT2D eigenvalue weighted by Gasteiger charge is -2.23. The second-order valence-corrected chi connectivity index (χ2v) is 5.21. The molecule has 0 bridgehead atoms. The minimum atomic E-state index is -0.948. The molecule has 1 aliphatic heterocycles. The van der Waals surface area contributed by atoms with Gasteiger partial charge in [-0.2, -0.15) is 11.8 Å². The molecule has 1 unspecified atom stereocenters. The van der Waals surface area contributed by atoms with Crippen LogP contribution >= 0.6 is 11.8 Å². The minimum Gasteiger partial charge on any atom is -0.480 e. The number of hydrogen-bond acceptors (Lipinski definition) is 4. The number of carboxylic acid groups (broad SMARTS) is 1. The number of hydrogen-bond donors (Lipinski definition) is 3. The van der Waals surface area contributed by atoms with Gasteiger partial charge in [-0.25, -0.2) is 4.79 Å². The van der Waals surface area contributed by atoms with Crippen LogP contribution in [0, 0.1) is 5.92 Å². The van der Waals surface area contributed by atoms with Crippen LogP contribution < -0.4 is 10.6 Å². The van der Waals surface area contributed by atoms with Crippen LogP contribution in [0.3, 0.4) is 0 Å². The quantitative estimate of drug-likeness (QED) is 0.640. The Kier molecular flexibility index (Phi) is 6.36. The van der Waals surface area contributed by atoms with Gasteiger partial charge in [0.1, 0.15) is 6.04 Å². The third-order valence-electron chi connectivity index (χ3n) is 2.89. The van der Waals surface area contributed by atoms with Crippen molar-refractivity contribution in [3.63, 3.8) is 0 Å². The fourth-order valence-corrected chi connectivity index (χ4v) is 2.33. The molecule has 3 N–H and O–H groups in total. The summed E-state index contributed by atoms with van der Waals surface area (Å²) in [6.07, 6.45) is 4.21. The van der Waals surface area contributed by atoms with Crippen molar-refractivity contribution in [3.8, 4) is 0 Å². The Morgan fingerprint density at radius 1 is 1.59 bits per heavy atom. The van der Waals surface area contributed by atoms with E-state index in [0.717, 1.165) is 25.1 Å². The highest BCUT2D eigenvalue weighted by atomic mass is 32.2. The standard InChI is InChI=1S/C11H20N2O3S/c1-17-6-4-9(11(15)16)13-10(14)8-3-2-5-12-7-8/h8-9,12H,2-7H2,1H3,(H,13,14)(H,15,16)/t8?,9-/m0/s1. The molecule has 0 radical (unpaired) electrons. The van der Waals surface area contributed by atoms with Crippen LogP contribution in [-0.4, -0.2) is 48.1 Å². The number of nitrogens with one attached hydrogen (secondary N) is 2. The SMILES string of the molecule is CSCC[C@H](NC(=O)C1CCCNC1)C(=O)O. The number of amides is 1. The normalized spacial score (nSPS) is 21.8. The van der Waals surface area contributed by atoms with Crippen molar-refractivity contribution < 1.29 is 14.7 Å². The maximum atomic E-state index is 11.9. The van der Waals surface area contributed by atoms with E-state index in [2.05, 4.69) is 10.6 Å². The fourth-order valence-electron chi connectivity index (χ4n) is 1.86. The molecule has 0 saturated carbocycles. The molecule has 0 aromatic rings. The van der Waals surface area contributed by atoms with Gasteiger partial charge in [0.15, 0.2) is 0 Å². The molecule has 6 heteroatoms. The highest BCUT2D eigenvalue weighted by Gasteiger charge is 2.25. The largest absolute Gasteiger partial charge is 0.480 e. The molecular weight excluding hydrogens is 240 g/mol. The van der Waals surface area contributed by atoms with Crippen molar-refractivity contribution in [1.29, 1.82) is 0 Å². The molecule has 5 nitrogen and oxygen atoms in total. The Morgan fingerprint density at radius 3 is 2.88 bits per heavy atom. The zero-order chi connectivity index (χ0) is 12.7. The Hall–Kier alpha value is -0.750. The number of piperidine rings is 1. The molecule has 1 rings (SSSR count). The van der Waals surface area contributed by atoms with Gasteiger partial charge in [-0.15, -0.1) is 0 Å². The van der Waals surface area contributed by atoms with Crippen molar-refractivity contribution in [2.75, 3.05) is 25.1 Å². The predicted octanol–water partition coefficient (Wildman–Crippen LogP) is 0.309. The van der Waals surface area contributed by atoms with Crippen molar-refractivity contribution in [1.82, 2.24) is 10.6 Å². The summed E-state index contributed by atoms with van der Waals surface area (Å²) < 4.78 is 0. The molecule has 0 aromatic carbocycles. The smallest absolute Gasteiger partial charge is 0.326 e. The first kappa shape index (κ1) is 14.3. The molecule has 1 saturated heterocycles. The lowest BCUT2D eigenvalue weighted by molar-refractivity contribution is -0.142. The van der Waals surface area contributed by atoms with E-state index in [0.29, 0.717) is 13.0 Å². The first-order valence-electron chi connectivity index (χ1n) is 5.88. The van der Waals surface area contributed by atoms with Crippen molar-refractivity contribution in [2.24, 2.45) is 5.92 Å². The van der Waals surface area contributed by atoms with Gasteiger partial charge in [0, 0.05) is 6.54 Å². The molecule has 1 fully saturated rings. The van der Waals surface area contributed by atoms with Crippen molar-refractivity contribution in [2.45, 2.75) is 25.3 Å². The number of aliphatic carboxylic acids is 1. The molecule has 1 aliphatic rings. The second-order valence-electron chi connectivity index (χ2n) is 4.22. The van der Waals surface area contributed by atoms with Crippen LogP contribution in [0.2, 0.25) is 0 Å². The van der Waals surface area contributed by atoms with E-state index >= 15 is 0 Å². The zero-order valence-corrected chi connectivity index (χ0v) is 10.9. The molecular formula is C11H20N2O3S. The number of carboxylic acids is 1. The van der Waals surface area contributed by atoms with Gasteiger partial charge in [-0.3, -0.25) is 4.79 Å². The maximum Gasteiger partial charge on any atom is 0.326 e. The van der Waals surface area contributed by atoms with Crippen LogP contribution in [0.15, 0.2) is 0 Å². The van der Waals surface area contributed by atoms with E-state index in [1.54, 1.807) is 11.8 Å². The molecule has 1 amide bonds. The summed E-state index contributed by atoms with van der Waals surface area (Å²) in [5.41, 5.74) is 0. The Morgan fingerprint density at radius 2 is 2.35 bits per heavy atom. The fraction of sp³-hybridized carbons (Fsp3) is 0.818. The van der Waals surface area contributed by atoms with Crippen LogP contribution in [-0.2, 0) is 9.59 Å². The summed E-state index contributed by atoms with van der Waals surface area (Å²) in [6.45, 7) is 1.60. The Bertz CT molecular complexity index is 267. The molecule has 0 spiro atoms. The topological polar surface area (TPSA) is 78.4 Å². The van der Waals surface area contributed by atoms with Gasteiger partial charge < -0.3 is 15.7 Å². The van der Waals surface area contributed by atoms with E-state index in [9.17, 15) is 9.59 Å². The van der Waals surface area contributed by atoms with Gasteiger partial charge in [-0.05, 0) is 37.8 Å². The average Bonchev–Trinajstić information content (AvgIpc) is 2.35. The number of carbonyl (C=O) groups excluding carboxylic acids is 1. The number of thioether (sulfide) groups is 1. The Balaban J connectivity index is 2.42. The van der Waals surface area contributed by atoms with Gasteiger partial charge in [0.25, 0.3) is 0 Å². The summed E-state index contributed by atoms with van der Waals surface area (Å²) >= 11 is 1.58. The van der Waals surface area contributed by atoms with E-state index < -0.39 is 12.0 Å². The monoisotopic (exact) mass is 260 g/mol. The Labute approximate surface area is 106 Å². The molecule has 1 heterocycles. The van der Waals surface area contributed by atoms with E-state index in [1.807, 2.05) is 6.26 Å². The van der Waals surface area contributed by atoms with Crippen LogP contribution in [0.4, 0.5) is 0 Å². The van der Waals surface area contributed by atoms with Gasteiger partial charge in [0.05, 0.1) is 5.92 Å². The third-order valence-corrected chi connectivity index (χ3v) is 3.54.